The van der Waals surface area contributed by atoms with Crippen molar-refractivity contribution in [3.05, 3.63) is 52.1 Å². The second-order valence-electron chi connectivity index (χ2n) is 4.51. The Balaban J connectivity index is 1.98. The number of carbonyl (C=O) groups is 1. The van der Waals surface area contributed by atoms with Gasteiger partial charge in [0.1, 0.15) is 12.4 Å². The Morgan fingerprint density at radius 2 is 2.29 bits per heavy atom. The molecule has 1 amide bonds. The zero-order valence-corrected chi connectivity index (χ0v) is 12.4. The van der Waals surface area contributed by atoms with E-state index in [-0.39, 0.29) is 23.0 Å². The van der Waals surface area contributed by atoms with Crippen LogP contribution in [0.1, 0.15) is 17.0 Å². The fourth-order valence-electron chi connectivity index (χ4n) is 1.81. The van der Waals surface area contributed by atoms with Crippen LogP contribution >= 0.6 is 11.6 Å². The maximum absolute atomic E-state index is 13.5. The first-order valence-electron chi connectivity index (χ1n) is 6.24. The van der Waals surface area contributed by atoms with Crippen molar-refractivity contribution >= 4 is 23.7 Å². The van der Waals surface area contributed by atoms with Crippen LogP contribution in [0, 0.1) is 19.7 Å². The number of nitrogens with zero attached hydrogens (tertiary/aromatic N) is 3. The van der Waals surface area contributed by atoms with E-state index in [1.807, 2.05) is 19.9 Å². The number of amides is 1. The number of hydrazone groups is 1. The summed E-state index contributed by atoms with van der Waals surface area (Å²) < 4.78 is 15.0. The van der Waals surface area contributed by atoms with Gasteiger partial charge in [-0.25, -0.2) is 9.82 Å². The fraction of sp³-hybridized carbons (Fsp3) is 0.214. The first-order chi connectivity index (χ1) is 9.97. The van der Waals surface area contributed by atoms with Gasteiger partial charge < -0.3 is 0 Å². The SMILES string of the molecule is Cc1cc(C)n(CC(=O)N/N=C\c2c(F)cccc2Cl)n1. The molecule has 1 N–H and O–H groups in total. The van der Waals surface area contributed by atoms with Gasteiger partial charge in [-0.1, -0.05) is 17.7 Å². The van der Waals surface area contributed by atoms with E-state index < -0.39 is 5.82 Å². The van der Waals surface area contributed by atoms with Gasteiger partial charge in [0.05, 0.1) is 16.9 Å². The van der Waals surface area contributed by atoms with E-state index in [1.165, 1.54) is 18.3 Å². The highest BCUT2D eigenvalue weighted by atomic mass is 35.5. The molecule has 2 aromatic rings. The van der Waals surface area contributed by atoms with Crippen molar-refractivity contribution in [1.29, 1.82) is 0 Å². The van der Waals surface area contributed by atoms with E-state index in [4.69, 9.17) is 11.6 Å². The van der Waals surface area contributed by atoms with Gasteiger partial charge in [0.15, 0.2) is 0 Å². The standard InChI is InChI=1S/C14H14ClFN4O/c1-9-6-10(2)20(19-9)8-14(21)18-17-7-11-12(15)4-3-5-13(11)16/h3-7H,8H2,1-2H3,(H,18,21)/b17-7-. The summed E-state index contributed by atoms with van der Waals surface area (Å²) in [6.45, 7) is 3.75. The minimum Gasteiger partial charge on any atom is -0.271 e. The van der Waals surface area contributed by atoms with Crippen molar-refractivity contribution < 1.29 is 9.18 Å². The van der Waals surface area contributed by atoms with Crippen molar-refractivity contribution in [1.82, 2.24) is 15.2 Å². The van der Waals surface area contributed by atoms with E-state index >= 15 is 0 Å². The number of benzene rings is 1. The third-order valence-corrected chi connectivity index (χ3v) is 3.11. The van der Waals surface area contributed by atoms with Gasteiger partial charge in [-0.2, -0.15) is 10.2 Å². The van der Waals surface area contributed by atoms with Crippen molar-refractivity contribution in [3.8, 4) is 0 Å². The number of halogens is 2. The lowest BCUT2D eigenvalue weighted by atomic mass is 10.2. The number of rotatable bonds is 4. The van der Waals surface area contributed by atoms with Crippen LogP contribution in [0.5, 0.6) is 0 Å². The van der Waals surface area contributed by atoms with Crippen molar-refractivity contribution in [2.45, 2.75) is 20.4 Å². The summed E-state index contributed by atoms with van der Waals surface area (Å²) in [5.74, 6) is -0.857. The molecule has 0 aliphatic heterocycles. The summed E-state index contributed by atoms with van der Waals surface area (Å²) in [7, 11) is 0. The van der Waals surface area contributed by atoms with E-state index in [0.717, 1.165) is 11.4 Å². The Kier molecular flexibility index (Phi) is 4.70. The third-order valence-electron chi connectivity index (χ3n) is 2.78. The van der Waals surface area contributed by atoms with Gasteiger partial charge in [-0.3, -0.25) is 9.48 Å². The maximum atomic E-state index is 13.5. The van der Waals surface area contributed by atoms with E-state index in [9.17, 15) is 9.18 Å². The van der Waals surface area contributed by atoms with E-state index in [2.05, 4.69) is 15.6 Å². The number of hydrogen-bond donors (Lipinski definition) is 1. The quantitative estimate of drug-likeness (QED) is 0.696. The molecular weight excluding hydrogens is 295 g/mol. The third kappa shape index (κ3) is 3.88. The predicted octanol–water partition coefficient (Wildman–Crippen LogP) is 2.44. The molecule has 21 heavy (non-hydrogen) atoms. The number of aromatic nitrogens is 2. The van der Waals surface area contributed by atoms with Crippen molar-refractivity contribution in [3.63, 3.8) is 0 Å². The minimum absolute atomic E-state index is 0.0437. The summed E-state index contributed by atoms with van der Waals surface area (Å²) in [5, 5.41) is 8.10. The summed E-state index contributed by atoms with van der Waals surface area (Å²) in [5.41, 5.74) is 4.16. The molecule has 0 unspecified atom stereocenters. The molecule has 0 fully saturated rings. The molecule has 0 saturated heterocycles. The maximum Gasteiger partial charge on any atom is 0.261 e. The zero-order valence-electron chi connectivity index (χ0n) is 11.6. The van der Waals surface area contributed by atoms with E-state index in [0.29, 0.717) is 0 Å². The highest BCUT2D eigenvalue weighted by Crippen LogP contribution is 2.16. The highest BCUT2D eigenvalue weighted by molar-refractivity contribution is 6.33. The van der Waals surface area contributed by atoms with Gasteiger partial charge >= 0.3 is 0 Å². The molecule has 0 atom stereocenters. The van der Waals surface area contributed by atoms with Crippen molar-refractivity contribution in [2.75, 3.05) is 0 Å². The second kappa shape index (κ2) is 6.49. The van der Waals surface area contributed by atoms with Gasteiger partial charge in [0.25, 0.3) is 5.91 Å². The number of aryl methyl sites for hydroxylation is 2. The highest BCUT2D eigenvalue weighted by Gasteiger charge is 2.07. The lowest BCUT2D eigenvalue weighted by molar-refractivity contribution is -0.121. The Hall–Kier alpha value is -2.21. The smallest absolute Gasteiger partial charge is 0.261 e. The minimum atomic E-state index is -0.501. The zero-order chi connectivity index (χ0) is 15.4. The predicted molar refractivity (Wildman–Crippen MR) is 78.8 cm³/mol. The fourth-order valence-corrected chi connectivity index (χ4v) is 2.02. The van der Waals surface area contributed by atoms with Crippen LogP contribution in [0.3, 0.4) is 0 Å². The van der Waals surface area contributed by atoms with Crippen LogP contribution in [0.25, 0.3) is 0 Å². The van der Waals surface area contributed by atoms with Crippen LogP contribution in [0.2, 0.25) is 5.02 Å². The summed E-state index contributed by atoms with van der Waals surface area (Å²) in [6, 6.07) is 6.18. The summed E-state index contributed by atoms with van der Waals surface area (Å²) in [6.07, 6.45) is 1.18. The molecule has 2 rings (SSSR count). The lowest BCUT2D eigenvalue weighted by Gasteiger charge is -2.03. The van der Waals surface area contributed by atoms with Crippen molar-refractivity contribution in [2.24, 2.45) is 5.10 Å². The van der Waals surface area contributed by atoms with E-state index in [1.54, 1.807) is 10.7 Å². The normalized spacial score (nSPS) is 11.0. The Morgan fingerprint density at radius 3 is 2.90 bits per heavy atom. The van der Waals surface area contributed by atoms with Gasteiger partial charge in [-0.05, 0) is 32.0 Å². The van der Waals surface area contributed by atoms with Crippen LogP contribution < -0.4 is 5.43 Å². The molecule has 7 heteroatoms. The molecule has 1 heterocycles. The Labute approximate surface area is 126 Å². The van der Waals surface area contributed by atoms with Crippen LogP contribution in [0.4, 0.5) is 4.39 Å². The van der Waals surface area contributed by atoms with Crippen LogP contribution in [0.15, 0.2) is 29.4 Å². The molecule has 0 radical (unpaired) electrons. The molecular formula is C14H14ClFN4O. The molecule has 1 aromatic heterocycles. The molecule has 0 bridgehead atoms. The topological polar surface area (TPSA) is 59.3 Å². The molecule has 5 nitrogen and oxygen atoms in total. The Bertz CT molecular complexity index is 676. The number of nitrogens with one attached hydrogen (secondary N) is 1. The number of carbonyl (C=O) groups excluding carboxylic acids is 1. The van der Waals surface area contributed by atoms with Gasteiger partial charge in [0.2, 0.25) is 0 Å². The largest absolute Gasteiger partial charge is 0.271 e. The first-order valence-corrected chi connectivity index (χ1v) is 6.62. The van der Waals surface area contributed by atoms with Gasteiger partial charge in [0, 0.05) is 11.3 Å². The monoisotopic (exact) mass is 308 g/mol. The average Bonchev–Trinajstić information content (AvgIpc) is 2.71. The molecule has 0 spiro atoms. The lowest BCUT2D eigenvalue weighted by Crippen LogP contribution is -2.24. The summed E-state index contributed by atoms with van der Waals surface area (Å²) in [4.78, 5) is 11.7. The molecule has 110 valence electrons. The first kappa shape index (κ1) is 15.2. The average molecular weight is 309 g/mol. The molecule has 1 aromatic carbocycles. The second-order valence-corrected chi connectivity index (χ2v) is 4.92. The Morgan fingerprint density at radius 1 is 1.52 bits per heavy atom. The molecule has 0 aliphatic rings. The van der Waals surface area contributed by atoms with Crippen LogP contribution in [-0.2, 0) is 11.3 Å². The molecule has 0 saturated carbocycles. The van der Waals surface area contributed by atoms with Crippen LogP contribution in [-0.4, -0.2) is 21.9 Å². The number of hydrogen-bond acceptors (Lipinski definition) is 3. The summed E-state index contributed by atoms with van der Waals surface area (Å²) >= 11 is 5.84. The molecule has 0 aliphatic carbocycles. The van der Waals surface area contributed by atoms with Gasteiger partial charge in [-0.15, -0.1) is 0 Å².